The SMILES string of the molecule is COC(=O)CCCOc1ccccc1CCN. The molecule has 2 N–H and O–H groups in total. The van der Waals surface area contributed by atoms with Crippen LogP contribution in [-0.2, 0) is 16.0 Å². The standard InChI is InChI=1S/C13H19NO3/c1-16-13(15)7-4-10-17-12-6-3-2-5-11(12)8-9-14/h2-3,5-6H,4,7-10,14H2,1H3. The lowest BCUT2D eigenvalue weighted by atomic mass is 10.1. The van der Waals surface area contributed by atoms with Gasteiger partial charge < -0.3 is 15.2 Å². The maximum atomic E-state index is 10.9. The minimum Gasteiger partial charge on any atom is -0.493 e. The number of para-hydroxylation sites is 1. The third-order valence-electron chi connectivity index (χ3n) is 2.40. The first-order chi connectivity index (χ1) is 8.27. The fraction of sp³-hybridized carbons (Fsp3) is 0.462. The molecule has 1 rings (SSSR count). The molecule has 0 atom stereocenters. The average Bonchev–Trinajstić information content (AvgIpc) is 2.36. The summed E-state index contributed by atoms with van der Waals surface area (Å²) in [6.07, 6.45) is 1.84. The number of carbonyl (C=O) groups excluding carboxylic acids is 1. The van der Waals surface area contributed by atoms with E-state index in [1.165, 1.54) is 7.11 Å². The van der Waals surface area contributed by atoms with Crippen LogP contribution < -0.4 is 10.5 Å². The lowest BCUT2D eigenvalue weighted by molar-refractivity contribution is -0.140. The van der Waals surface area contributed by atoms with E-state index in [0.29, 0.717) is 26.0 Å². The zero-order valence-electron chi connectivity index (χ0n) is 10.1. The van der Waals surface area contributed by atoms with Crippen LogP contribution in [0.4, 0.5) is 0 Å². The van der Waals surface area contributed by atoms with Crippen molar-refractivity contribution in [2.24, 2.45) is 5.73 Å². The molecule has 4 heteroatoms. The van der Waals surface area contributed by atoms with Crippen molar-refractivity contribution in [3.05, 3.63) is 29.8 Å². The number of methoxy groups -OCH3 is 1. The van der Waals surface area contributed by atoms with E-state index >= 15 is 0 Å². The van der Waals surface area contributed by atoms with Gasteiger partial charge in [-0.3, -0.25) is 4.79 Å². The van der Waals surface area contributed by atoms with Crippen LogP contribution in [-0.4, -0.2) is 26.2 Å². The molecule has 17 heavy (non-hydrogen) atoms. The average molecular weight is 237 g/mol. The molecule has 0 radical (unpaired) electrons. The number of hydrogen-bond acceptors (Lipinski definition) is 4. The number of rotatable bonds is 7. The van der Waals surface area contributed by atoms with E-state index in [0.717, 1.165) is 17.7 Å². The molecular formula is C13H19NO3. The van der Waals surface area contributed by atoms with Gasteiger partial charge >= 0.3 is 5.97 Å². The second-order valence-electron chi connectivity index (χ2n) is 3.67. The summed E-state index contributed by atoms with van der Waals surface area (Å²) in [5.74, 6) is 0.645. The summed E-state index contributed by atoms with van der Waals surface area (Å²) in [5, 5.41) is 0. The number of esters is 1. The summed E-state index contributed by atoms with van der Waals surface area (Å²) in [6, 6.07) is 7.81. The highest BCUT2D eigenvalue weighted by Crippen LogP contribution is 2.18. The lowest BCUT2D eigenvalue weighted by Gasteiger charge is -2.10. The Labute approximate surface area is 102 Å². The second-order valence-corrected chi connectivity index (χ2v) is 3.67. The van der Waals surface area contributed by atoms with E-state index in [1.807, 2.05) is 24.3 Å². The minimum atomic E-state index is -0.205. The van der Waals surface area contributed by atoms with Gasteiger partial charge in [0.1, 0.15) is 5.75 Å². The second kappa shape index (κ2) is 7.68. The Hall–Kier alpha value is -1.55. The molecule has 0 unspecified atom stereocenters. The Morgan fingerprint density at radius 2 is 2.12 bits per heavy atom. The molecule has 0 heterocycles. The first kappa shape index (κ1) is 13.5. The van der Waals surface area contributed by atoms with Crippen LogP contribution in [0.15, 0.2) is 24.3 Å². The monoisotopic (exact) mass is 237 g/mol. The molecule has 0 aromatic heterocycles. The third kappa shape index (κ3) is 4.87. The van der Waals surface area contributed by atoms with Gasteiger partial charge in [0.25, 0.3) is 0 Å². The molecule has 0 fully saturated rings. The quantitative estimate of drug-likeness (QED) is 0.577. The van der Waals surface area contributed by atoms with Crippen molar-refractivity contribution in [1.82, 2.24) is 0 Å². The summed E-state index contributed by atoms with van der Waals surface area (Å²) in [4.78, 5) is 10.9. The molecule has 0 saturated carbocycles. The first-order valence-electron chi connectivity index (χ1n) is 5.75. The maximum absolute atomic E-state index is 10.9. The van der Waals surface area contributed by atoms with Gasteiger partial charge in [0.15, 0.2) is 0 Å². The van der Waals surface area contributed by atoms with Gasteiger partial charge in [0.05, 0.1) is 13.7 Å². The van der Waals surface area contributed by atoms with Gasteiger partial charge in [-0.1, -0.05) is 18.2 Å². The minimum absolute atomic E-state index is 0.205. The van der Waals surface area contributed by atoms with Gasteiger partial charge in [0, 0.05) is 6.42 Å². The van der Waals surface area contributed by atoms with Crippen molar-refractivity contribution in [3.8, 4) is 5.75 Å². The van der Waals surface area contributed by atoms with Crippen molar-refractivity contribution < 1.29 is 14.3 Å². The van der Waals surface area contributed by atoms with Crippen molar-refractivity contribution in [3.63, 3.8) is 0 Å². The molecule has 94 valence electrons. The predicted octanol–water partition coefficient (Wildman–Crippen LogP) is 1.52. The van der Waals surface area contributed by atoms with Crippen LogP contribution >= 0.6 is 0 Å². The predicted molar refractivity (Wildman–Crippen MR) is 65.9 cm³/mol. The van der Waals surface area contributed by atoms with E-state index < -0.39 is 0 Å². The summed E-state index contributed by atoms with van der Waals surface area (Å²) in [5.41, 5.74) is 6.63. The topological polar surface area (TPSA) is 61.5 Å². The number of nitrogens with two attached hydrogens (primary N) is 1. The molecule has 0 aliphatic rings. The highest BCUT2D eigenvalue weighted by atomic mass is 16.5. The molecule has 1 aromatic carbocycles. The Morgan fingerprint density at radius 1 is 1.35 bits per heavy atom. The largest absolute Gasteiger partial charge is 0.493 e. The zero-order valence-corrected chi connectivity index (χ0v) is 10.1. The number of hydrogen-bond donors (Lipinski definition) is 1. The Bertz CT molecular complexity index is 352. The zero-order chi connectivity index (χ0) is 12.5. The van der Waals surface area contributed by atoms with Crippen LogP contribution in [0, 0.1) is 0 Å². The molecule has 0 bridgehead atoms. The van der Waals surface area contributed by atoms with Crippen LogP contribution in [0.5, 0.6) is 5.75 Å². The van der Waals surface area contributed by atoms with E-state index in [9.17, 15) is 4.79 Å². The number of benzene rings is 1. The van der Waals surface area contributed by atoms with E-state index in [2.05, 4.69) is 4.74 Å². The molecule has 0 aliphatic heterocycles. The normalized spacial score (nSPS) is 10.0. The highest BCUT2D eigenvalue weighted by molar-refractivity contribution is 5.69. The van der Waals surface area contributed by atoms with Gasteiger partial charge in [0.2, 0.25) is 0 Å². The van der Waals surface area contributed by atoms with Crippen molar-refractivity contribution in [2.75, 3.05) is 20.3 Å². The molecule has 0 saturated heterocycles. The van der Waals surface area contributed by atoms with Crippen LogP contribution in [0.2, 0.25) is 0 Å². The third-order valence-corrected chi connectivity index (χ3v) is 2.40. The molecular weight excluding hydrogens is 218 g/mol. The molecule has 0 amide bonds. The maximum Gasteiger partial charge on any atom is 0.305 e. The summed E-state index contributed by atoms with van der Waals surface area (Å²) < 4.78 is 10.2. The molecule has 0 aliphatic carbocycles. The summed E-state index contributed by atoms with van der Waals surface area (Å²) in [6.45, 7) is 1.11. The molecule has 1 aromatic rings. The number of carbonyl (C=O) groups is 1. The van der Waals surface area contributed by atoms with E-state index in [1.54, 1.807) is 0 Å². The van der Waals surface area contributed by atoms with Crippen molar-refractivity contribution >= 4 is 5.97 Å². The van der Waals surface area contributed by atoms with Gasteiger partial charge in [-0.2, -0.15) is 0 Å². The van der Waals surface area contributed by atoms with Gasteiger partial charge in [-0.05, 0) is 31.0 Å². The van der Waals surface area contributed by atoms with Crippen molar-refractivity contribution in [2.45, 2.75) is 19.3 Å². The van der Waals surface area contributed by atoms with Gasteiger partial charge in [-0.15, -0.1) is 0 Å². The van der Waals surface area contributed by atoms with Crippen LogP contribution in [0.25, 0.3) is 0 Å². The summed E-state index contributed by atoms with van der Waals surface area (Å²) >= 11 is 0. The smallest absolute Gasteiger partial charge is 0.305 e. The van der Waals surface area contributed by atoms with Crippen molar-refractivity contribution in [1.29, 1.82) is 0 Å². The van der Waals surface area contributed by atoms with Crippen LogP contribution in [0.1, 0.15) is 18.4 Å². The van der Waals surface area contributed by atoms with Gasteiger partial charge in [-0.25, -0.2) is 0 Å². The first-order valence-corrected chi connectivity index (χ1v) is 5.75. The van der Waals surface area contributed by atoms with E-state index in [4.69, 9.17) is 10.5 Å². The number of ether oxygens (including phenoxy) is 2. The lowest BCUT2D eigenvalue weighted by Crippen LogP contribution is -2.07. The Morgan fingerprint density at radius 3 is 2.82 bits per heavy atom. The fourth-order valence-corrected chi connectivity index (χ4v) is 1.51. The van der Waals surface area contributed by atoms with Crippen LogP contribution in [0.3, 0.4) is 0 Å². The Balaban J connectivity index is 2.38. The molecule has 0 spiro atoms. The van der Waals surface area contributed by atoms with E-state index in [-0.39, 0.29) is 5.97 Å². The highest BCUT2D eigenvalue weighted by Gasteiger charge is 2.03. The summed E-state index contributed by atoms with van der Waals surface area (Å²) in [7, 11) is 1.39. The molecule has 4 nitrogen and oxygen atoms in total. The Kier molecular flexibility index (Phi) is 6.10. The fourth-order valence-electron chi connectivity index (χ4n) is 1.51.